The molecule has 1 amide bonds. The quantitative estimate of drug-likeness (QED) is 0.610. The summed E-state index contributed by atoms with van der Waals surface area (Å²) in [4.78, 5) is 26.4. The highest BCUT2D eigenvalue weighted by Crippen LogP contribution is 2.26. The van der Waals surface area contributed by atoms with E-state index in [0.29, 0.717) is 17.9 Å². The second-order valence-electron chi connectivity index (χ2n) is 6.71. The molecule has 5 nitrogen and oxygen atoms in total. The van der Waals surface area contributed by atoms with Crippen molar-refractivity contribution in [2.75, 3.05) is 20.8 Å². The van der Waals surface area contributed by atoms with Gasteiger partial charge >= 0.3 is 5.97 Å². The van der Waals surface area contributed by atoms with Crippen LogP contribution >= 0.6 is 0 Å². The first-order valence-corrected chi connectivity index (χ1v) is 9.01. The number of rotatable bonds is 6. The normalized spacial score (nSPS) is 10.5. The summed E-state index contributed by atoms with van der Waals surface area (Å²) in [5.74, 6) is -0.433. The molecule has 3 rings (SSSR count). The van der Waals surface area contributed by atoms with Gasteiger partial charge in [0.1, 0.15) is 11.3 Å². The lowest BCUT2D eigenvalue weighted by molar-refractivity contribution is -0.133. The number of carbonyl (C=O) groups excluding carboxylic acids is 2. The number of likely N-dealkylation sites (N-methyl/N-ethyl adjacent to an activating group) is 1. The van der Waals surface area contributed by atoms with Gasteiger partial charge in [-0.2, -0.15) is 0 Å². The van der Waals surface area contributed by atoms with Gasteiger partial charge in [0.15, 0.2) is 6.61 Å². The Kier molecular flexibility index (Phi) is 5.94. The Morgan fingerprint density at radius 2 is 1.61 bits per heavy atom. The van der Waals surface area contributed by atoms with E-state index in [0.717, 1.165) is 21.9 Å². The van der Waals surface area contributed by atoms with Gasteiger partial charge in [0.05, 0.1) is 7.11 Å². The fraction of sp³-hybridized carbons (Fsp3) is 0.217. The number of esters is 1. The molecule has 0 heterocycles. The van der Waals surface area contributed by atoms with Gasteiger partial charge in [-0.05, 0) is 35.4 Å². The number of nitrogens with zero attached hydrogens (tertiary/aromatic N) is 1. The Labute approximate surface area is 164 Å². The molecule has 0 aromatic heterocycles. The zero-order chi connectivity index (χ0) is 20.1. The van der Waals surface area contributed by atoms with Gasteiger partial charge in [-0.1, -0.05) is 54.1 Å². The fourth-order valence-electron chi connectivity index (χ4n) is 2.92. The molecule has 0 bridgehead atoms. The molecule has 0 N–H and O–H groups in total. The number of aryl methyl sites for hydroxylation is 1. The van der Waals surface area contributed by atoms with Gasteiger partial charge in [-0.15, -0.1) is 0 Å². The molecule has 3 aromatic carbocycles. The number of fused-ring (bicyclic) bond motifs is 1. The first-order valence-electron chi connectivity index (χ1n) is 9.01. The summed E-state index contributed by atoms with van der Waals surface area (Å²) in [7, 11) is 3.19. The molecule has 144 valence electrons. The summed E-state index contributed by atoms with van der Waals surface area (Å²) >= 11 is 0. The van der Waals surface area contributed by atoms with Crippen LogP contribution in [-0.2, 0) is 16.1 Å². The maximum Gasteiger partial charge on any atom is 0.342 e. The average Bonchev–Trinajstić information content (AvgIpc) is 2.72. The van der Waals surface area contributed by atoms with E-state index in [4.69, 9.17) is 9.47 Å². The molecule has 0 unspecified atom stereocenters. The summed E-state index contributed by atoms with van der Waals surface area (Å²) in [5, 5.41) is 1.86. The van der Waals surface area contributed by atoms with Crippen molar-refractivity contribution in [2.45, 2.75) is 13.5 Å². The maximum atomic E-state index is 12.5. The van der Waals surface area contributed by atoms with E-state index < -0.39 is 5.97 Å². The van der Waals surface area contributed by atoms with Crippen LogP contribution in [0.3, 0.4) is 0 Å². The first-order chi connectivity index (χ1) is 13.5. The van der Waals surface area contributed by atoms with Crippen LogP contribution in [0, 0.1) is 6.92 Å². The van der Waals surface area contributed by atoms with Crippen LogP contribution in [0.15, 0.2) is 60.7 Å². The van der Waals surface area contributed by atoms with Crippen LogP contribution in [0.2, 0.25) is 0 Å². The van der Waals surface area contributed by atoms with E-state index in [1.807, 2.05) is 55.5 Å². The van der Waals surface area contributed by atoms with E-state index in [1.165, 1.54) is 12.0 Å². The minimum Gasteiger partial charge on any atom is -0.496 e. The highest BCUT2D eigenvalue weighted by molar-refractivity contribution is 5.99. The molecule has 0 aliphatic rings. The number of amides is 1. The van der Waals surface area contributed by atoms with Crippen LogP contribution in [0.25, 0.3) is 10.8 Å². The van der Waals surface area contributed by atoms with Crippen molar-refractivity contribution in [2.24, 2.45) is 0 Å². The van der Waals surface area contributed by atoms with Crippen molar-refractivity contribution in [1.29, 1.82) is 0 Å². The Balaban J connectivity index is 1.65. The first kappa shape index (κ1) is 19.4. The van der Waals surface area contributed by atoms with Crippen molar-refractivity contribution in [1.82, 2.24) is 4.90 Å². The minimum absolute atomic E-state index is 0.270. The summed E-state index contributed by atoms with van der Waals surface area (Å²) < 4.78 is 10.6. The molecular formula is C23H23NO4. The smallest absolute Gasteiger partial charge is 0.342 e. The van der Waals surface area contributed by atoms with Gasteiger partial charge in [0, 0.05) is 13.6 Å². The third-order valence-electron chi connectivity index (χ3n) is 4.58. The minimum atomic E-state index is -0.584. The SMILES string of the molecule is COc1cc2ccccc2cc1C(=O)OCC(=O)N(C)Cc1ccc(C)cc1. The van der Waals surface area contributed by atoms with Crippen LogP contribution in [0.1, 0.15) is 21.5 Å². The molecule has 0 atom stereocenters. The number of methoxy groups -OCH3 is 1. The van der Waals surface area contributed by atoms with Crippen molar-refractivity contribution < 1.29 is 19.1 Å². The largest absolute Gasteiger partial charge is 0.496 e. The number of hydrogen-bond donors (Lipinski definition) is 0. The molecule has 0 aliphatic heterocycles. The van der Waals surface area contributed by atoms with Gasteiger partial charge in [-0.25, -0.2) is 4.79 Å². The monoisotopic (exact) mass is 377 g/mol. The van der Waals surface area contributed by atoms with E-state index in [-0.39, 0.29) is 12.5 Å². The molecule has 0 saturated heterocycles. The van der Waals surface area contributed by atoms with E-state index in [1.54, 1.807) is 19.2 Å². The van der Waals surface area contributed by atoms with Crippen LogP contribution in [-0.4, -0.2) is 37.5 Å². The average molecular weight is 377 g/mol. The molecule has 28 heavy (non-hydrogen) atoms. The standard InChI is InChI=1S/C23H23NO4/c1-16-8-10-17(11-9-16)14-24(2)22(25)15-28-23(26)20-12-18-6-4-5-7-19(18)13-21(20)27-3/h4-13H,14-15H2,1-3H3. The van der Waals surface area contributed by atoms with Crippen LogP contribution in [0.4, 0.5) is 0 Å². The second kappa shape index (κ2) is 8.57. The molecule has 5 heteroatoms. The lowest BCUT2D eigenvalue weighted by atomic mass is 10.1. The van der Waals surface area contributed by atoms with E-state index >= 15 is 0 Å². The Morgan fingerprint density at radius 1 is 0.964 bits per heavy atom. The topological polar surface area (TPSA) is 55.8 Å². The lowest BCUT2D eigenvalue weighted by Gasteiger charge is -2.17. The van der Waals surface area contributed by atoms with Crippen molar-refractivity contribution >= 4 is 22.6 Å². The van der Waals surface area contributed by atoms with Gasteiger partial charge in [0.25, 0.3) is 5.91 Å². The number of ether oxygens (including phenoxy) is 2. The van der Waals surface area contributed by atoms with Crippen molar-refractivity contribution in [3.05, 3.63) is 77.4 Å². The predicted octanol–water partition coefficient (Wildman–Crippen LogP) is 3.97. The second-order valence-corrected chi connectivity index (χ2v) is 6.71. The van der Waals surface area contributed by atoms with Gasteiger partial charge < -0.3 is 14.4 Å². The Morgan fingerprint density at radius 3 is 2.25 bits per heavy atom. The molecule has 3 aromatic rings. The third kappa shape index (κ3) is 4.49. The molecular weight excluding hydrogens is 354 g/mol. The summed E-state index contributed by atoms with van der Waals surface area (Å²) in [6.45, 7) is 2.15. The number of hydrogen-bond acceptors (Lipinski definition) is 4. The Bertz CT molecular complexity index is 995. The Hall–Kier alpha value is -3.34. The highest BCUT2D eigenvalue weighted by Gasteiger charge is 2.18. The van der Waals surface area contributed by atoms with Crippen molar-refractivity contribution in [3.63, 3.8) is 0 Å². The summed E-state index contributed by atoms with van der Waals surface area (Å²) in [6, 6.07) is 19.1. The molecule has 0 radical (unpaired) electrons. The molecule has 0 aliphatic carbocycles. The lowest BCUT2D eigenvalue weighted by Crippen LogP contribution is -2.30. The van der Waals surface area contributed by atoms with E-state index in [9.17, 15) is 9.59 Å². The third-order valence-corrected chi connectivity index (χ3v) is 4.58. The zero-order valence-corrected chi connectivity index (χ0v) is 16.3. The molecule has 0 saturated carbocycles. The summed E-state index contributed by atoms with van der Waals surface area (Å²) in [5.41, 5.74) is 2.48. The maximum absolute atomic E-state index is 12.5. The van der Waals surface area contributed by atoms with Gasteiger partial charge in [-0.3, -0.25) is 4.79 Å². The number of benzene rings is 3. The molecule has 0 spiro atoms. The highest BCUT2D eigenvalue weighted by atomic mass is 16.5. The van der Waals surface area contributed by atoms with E-state index in [2.05, 4.69) is 0 Å². The van der Waals surface area contributed by atoms with Crippen molar-refractivity contribution in [3.8, 4) is 5.75 Å². The number of carbonyl (C=O) groups is 2. The fourth-order valence-corrected chi connectivity index (χ4v) is 2.92. The van der Waals surface area contributed by atoms with Gasteiger partial charge in [0.2, 0.25) is 0 Å². The van der Waals surface area contributed by atoms with Crippen LogP contribution < -0.4 is 4.74 Å². The zero-order valence-electron chi connectivity index (χ0n) is 16.3. The van der Waals surface area contributed by atoms with Crippen LogP contribution in [0.5, 0.6) is 5.75 Å². The predicted molar refractivity (Wildman–Crippen MR) is 108 cm³/mol. The summed E-state index contributed by atoms with van der Waals surface area (Å²) in [6.07, 6.45) is 0. The molecule has 0 fully saturated rings.